The highest BCUT2D eigenvalue weighted by Gasteiger charge is 2.35. The van der Waals surface area contributed by atoms with Gasteiger partial charge in [0.1, 0.15) is 0 Å². The summed E-state index contributed by atoms with van der Waals surface area (Å²) in [5, 5.41) is 5.63. The molecule has 11 heteroatoms. The first-order valence-corrected chi connectivity index (χ1v) is 7.94. The first kappa shape index (κ1) is 19.1. The maximum atomic E-state index is 13.5. The Morgan fingerprint density at radius 3 is 2.48 bits per heavy atom. The Morgan fingerprint density at radius 2 is 1.89 bits per heavy atom. The minimum Gasteiger partial charge on any atom is -0.378 e. The molecule has 1 aromatic carbocycles. The van der Waals surface area contributed by atoms with Gasteiger partial charge in [-0.25, -0.2) is 4.68 Å². The molecular formula is C16H15F5N4O2. The summed E-state index contributed by atoms with van der Waals surface area (Å²) in [4.78, 5) is 13.6. The number of halogens is 5. The number of alkyl halides is 5. The lowest BCUT2D eigenvalue weighted by molar-refractivity contribution is -0.137. The molecule has 146 valence electrons. The zero-order chi connectivity index (χ0) is 19.6. The largest absolute Gasteiger partial charge is 0.418 e. The second-order valence-electron chi connectivity index (χ2n) is 5.74. The van der Waals surface area contributed by atoms with E-state index in [1.165, 1.54) is 12.1 Å². The van der Waals surface area contributed by atoms with Crippen molar-refractivity contribution >= 4 is 17.3 Å². The summed E-state index contributed by atoms with van der Waals surface area (Å²) in [6, 6.07) is 4.45. The highest BCUT2D eigenvalue weighted by Crippen LogP contribution is 2.38. The van der Waals surface area contributed by atoms with Crippen molar-refractivity contribution in [3.8, 4) is 0 Å². The predicted molar refractivity (Wildman–Crippen MR) is 85.9 cm³/mol. The molecule has 1 aromatic heterocycles. The van der Waals surface area contributed by atoms with Crippen LogP contribution in [0.15, 0.2) is 30.5 Å². The van der Waals surface area contributed by atoms with Crippen LogP contribution in [0.3, 0.4) is 0 Å². The predicted octanol–water partition coefficient (Wildman–Crippen LogP) is 3.39. The number of anilines is 2. The van der Waals surface area contributed by atoms with Crippen LogP contribution in [0, 0.1) is 0 Å². The van der Waals surface area contributed by atoms with Gasteiger partial charge in [0.15, 0.2) is 5.69 Å². The molecule has 3 rings (SSSR count). The molecular weight excluding hydrogens is 375 g/mol. The number of nitrogens with one attached hydrogen (secondary N) is 1. The summed E-state index contributed by atoms with van der Waals surface area (Å²) < 4.78 is 70.8. The van der Waals surface area contributed by atoms with E-state index in [1.54, 1.807) is 4.90 Å². The SMILES string of the molecule is O=C(Nc1ccc(N2CCOCC2)c(C(F)(F)F)c1)c1ccn(C(F)F)n1. The third-order valence-corrected chi connectivity index (χ3v) is 3.95. The van der Waals surface area contributed by atoms with E-state index in [1.807, 2.05) is 0 Å². The molecule has 1 aliphatic rings. The average Bonchev–Trinajstić information content (AvgIpc) is 3.12. The third-order valence-electron chi connectivity index (χ3n) is 3.95. The number of carbonyl (C=O) groups is 1. The van der Waals surface area contributed by atoms with Crippen molar-refractivity contribution in [2.45, 2.75) is 12.7 Å². The van der Waals surface area contributed by atoms with E-state index in [-0.39, 0.29) is 21.8 Å². The van der Waals surface area contributed by atoms with Crippen molar-refractivity contribution in [2.75, 3.05) is 36.5 Å². The lowest BCUT2D eigenvalue weighted by Crippen LogP contribution is -2.37. The molecule has 2 aromatic rings. The van der Waals surface area contributed by atoms with Gasteiger partial charge in [0.2, 0.25) is 0 Å². The monoisotopic (exact) mass is 390 g/mol. The van der Waals surface area contributed by atoms with Gasteiger partial charge in [-0.1, -0.05) is 0 Å². The standard InChI is InChI=1S/C16H15F5N4O2/c17-15(18)25-4-3-12(23-25)14(26)22-10-1-2-13(11(9-10)16(19,20)21)24-5-7-27-8-6-24/h1-4,9,15H,5-8H2,(H,22,26). The van der Waals surface area contributed by atoms with E-state index in [0.717, 1.165) is 18.3 Å². The molecule has 0 bridgehead atoms. The van der Waals surface area contributed by atoms with Crippen LogP contribution in [0.2, 0.25) is 0 Å². The van der Waals surface area contributed by atoms with Crippen molar-refractivity contribution in [2.24, 2.45) is 0 Å². The molecule has 27 heavy (non-hydrogen) atoms. The second-order valence-corrected chi connectivity index (χ2v) is 5.74. The summed E-state index contributed by atoms with van der Waals surface area (Å²) in [5.74, 6) is -0.887. The molecule has 1 saturated heterocycles. The van der Waals surface area contributed by atoms with E-state index in [0.29, 0.717) is 26.3 Å². The molecule has 0 aliphatic carbocycles. The fraction of sp³-hybridized carbons (Fsp3) is 0.375. The van der Waals surface area contributed by atoms with Crippen LogP contribution in [0.5, 0.6) is 0 Å². The normalized spacial score (nSPS) is 15.3. The van der Waals surface area contributed by atoms with Gasteiger partial charge < -0.3 is 15.0 Å². The van der Waals surface area contributed by atoms with Crippen LogP contribution in [-0.4, -0.2) is 42.0 Å². The maximum absolute atomic E-state index is 13.5. The van der Waals surface area contributed by atoms with Gasteiger partial charge in [-0.15, -0.1) is 0 Å². The molecule has 1 aliphatic heterocycles. The number of hydrogen-bond acceptors (Lipinski definition) is 4. The smallest absolute Gasteiger partial charge is 0.378 e. The van der Waals surface area contributed by atoms with E-state index in [9.17, 15) is 26.7 Å². The molecule has 2 heterocycles. The summed E-state index contributed by atoms with van der Waals surface area (Å²) in [6.07, 6.45) is -3.73. The van der Waals surface area contributed by atoms with Crippen LogP contribution in [-0.2, 0) is 10.9 Å². The Bertz CT molecular complexity index is 815. The first-order valence-electron chi connectivity index (χ1n) is 7.94. The van der Waals surface area contributed by atoms with Gasteiger partial charge >= 0.3 is 12.7 Å². The maximum Gasteiger partial charge on any atom is 0.418 e. The van der Waals surface area contributed by atoms with Crippen molar-refractivity contribution in [3.63, 3.8) is 0 Å². The van der Waals surface area contributed by atoms with Crippen LogP contribution in [0.1, 0.15) is 22.6 Å². The Morgan fingerprint density at radius 1 is 1.19 bits per heavy atom. The van der Waals surface area contributed by atoms with Crippen LogP contribution >= 0.6 is 0 Å². The third kappa shape index (κ3) is 4.35. The van der Waals surface area contributed by atoms with Crippen LogP contribution < -0.4 is 10.2 Å². The Labute approximate surface area is 150 Å². The van der Waals surface area contributed by atoms with Crippen molar-refractivity contribution in [1.82, 2.24) is 9.78 Å². The molecule has 6 nitrogen and oxygen atoms in total. The van der Waals surface area contributed by atoms with Gasteiger partial charge in [-0.2, -0.15) is 27.1 Å². The number of hydrogen-bond donors (Lipinski definition) is 1. The van der Waals surface area contributed by atoms with E-state index < -0.39 is 24.2 Å². The fourth-order valence-electron chi connectivity index (χ4n) is 2.68. The number of nitrogens with zero attached hydrogens (tertiary/aromatic N) is 3. The van der Waals surface area contributed by atoms with Gasteiger partial charge in [-0.3, -0.25) is 4.79 Å². The number of ether oxygens (including phenoxy) is 1. The van der Waals surface area contributed by atoms with Gasteiger partial charge in [0.05, 0.1) is 18.8 Å². The molecule has 0 atom stereocenters. The van der Waals surface area contributed by atoms with Crippen LogP contribution in [0.4, 0.5) is 33.3 Å². The lowest BCUT2D eigenvalue weighted by atomic mass is 10.1. The minimum atomic E-state index is -4.63. The minimum absolute atomic E-state index is 0.00854. The molecule has 0 radical (unpaired) electrons. The number of benzene rings is 1. The zero-order valence-electron chi connectivity index (χ0n) is 13.8. The number of rotatable bonds is 4. The van der Waals surface area contributed by atoms with Gasteiger partial charge in [0, 0.05) is 30.7 Å². The number of amides is 1. The summed E-state index contributed by atoms with van der Waals surface area (Å²) in [6.45, 7) is -1.64. The van der Waals surface area contributed by atoms with Gasteiger partial charge in [0.25, 0.3) is 5.91 Å². The summed E-state index contributed by atoms with van der Waals surface area (Å²) in [7, 11) is 0. The highest BCUT2D eigenvalue weighted by molar-refractivity contribution is 6.03. The Kier molecular flexibility index (Phi) is 5.31. The number of carbonyl (C=O) groups excluding carboxylic acids is 1. The molecule has 1 amide bonds. The van der Waals surface area contributed by atoms with Gasteiger partial charge in [-0.05, 0) is 24.3 Å². The summed E-state index contributed by atoms with van der Waals surface area (Å²) >= 11 is 0. The van der Waals surface area contributed by atoms with E-state index >= 15 is 0 Å². The fourth-order valence-corrected chi connectivity index (χ4v) is 2.68. The van der Waals surface area contributed by atoms with Crippen molar-refractivity contribution < 1.29 is 31.5 Å². The quantitative estimate of drug-likeness (QED) is 0.814. The first-order chi connectivity index (χ1) is 12.8. The molecule has 1 N–H and O–H groups in total. The zero-order valence-corrected chi connectivity index (χ0v) is 13.8. The number of aromatic nitrogens is 2. The Balaban J connectivity index is 1.84. The topological polar surface area (TPSA) is 59.4 Å². The second kappa shape index (κ2) is 7.51. The summed E-state index contributed by atoms with van der Waals surface area (Å²) in [5.41, 5.74) is -1.36. The molecule has 0 unspecified atom stereocenters. The highest BCUT2D eigenvalue weighted by atomic mass is 19.4. The molecule has 0 saturated carbocycles. The van der Waals surface area contributed by atoms with E-state index in [4.69, 9.17) is 4.74 Å². The average molecular weight is 390 g/mol. The molecule has 0 spiro atoms. The lowest BCUT2D eigenvalue weighted by Gasteiger charge is -2.31. The van der Waals surface area contributed by atoms with Crippen molar-refractivity contribution in [3.05, 3.63) is 41.7 Å². The number of morpholine rings is 1. The Hall–Kier alpha value is -2.69. The van der Waals surface area contributed by atoms with Crippen molar-refractivity contribution in [1.29, 1.82) is 0 Å². The van der Waals surface area contributed by atoms with E-state index in [2.05, 4.69) is 10.4 Å². The molecule has 1 fully saturated rings. The van der Waals surface area contributed by atoms with Crippen LogP contribution in [0.25, 0.3) is 0 Å².